The Morgan fingerprint density at radius 3 is 1.39 bits per heavy atom. The average molecular weight is 876 g/mol. The first-order chi connectivity index (χ1) is 29.6. The standard InChI is InChI=1S/C42H61N5O13S/c1-47(2)38-9-5-36(6-10-38)45-46-37-7-13-40(14-8-37)61(51,52)42(50)44-18-20-54-22-24-56-26-28-58-30-32-60-34-33-59-31-29-57-27-25-55-23-21-53-19-16-41(49)43-17-15-35-3-11-39(48)12-4-35/h3-14,48H,15-34H2,1-2H3,(H,43,49)(H,44,50). The quantitative estimate of drug-likeness (QED) is 0.0566. The number of anilines is 1. The van der Waals surface area contributed by atoms with Crippen molar-refractivity contribution in [1.82, 2.24) is 10.6 Å². The number of benzene rings is 3. The molecule has 18 nitrogen and oxygen atoms in total. The molecule has 3 aromatic rings. The molecule has 3 N–H and O–H groups in total. The van der Waals surface area contributed by atoms with E-state index in [-0.39, 0.29) is 42.7 Å². The van der Waals surface area contributed by atoms with Crippen molar-refractivity contribution in [3.8, 4) is 5.75 Å². The van der Waals surface area contributed by atoms with Gasteiger partial charge in [-0.25, -0.2) is 8.42 Å². The van der Waals surface area contributed by atoms with Crippen LogP contribution in [0.4, 0.5) is 21.9 Å². The van der Waals surface area contributed by atoms with E-state index in [1.165, 1.54) is 24.3 Å². The first kappa shape index (κ1) is 50.8. The number of ether oxygens (including phenoxy) is 8. The Labute approximate surface area is 358 Å². The summed E-state index contributed by atoms with van der Waals surface area (Å²) in [6.07, 6.45) is 0.976. The fourth-order valence-corrected chi connectivity index (χ4v) is 5.96. The minimum atomic E-state index is -4.23. The van der Waals surface area contributed by atoms with Crippen molar-refractivity contribution in [2.75, 3.05) is 138 Å². The van der Waals surface area contributed by atoms with Crippen LogP contribution in [0.15, 0.2) is 87.9 Å². The molecule has 0 heterocycles. The molecule has 0 spiro atoms. The van der Waals surface area contributed by atoms with E-state index in [4.69, 9.17) is 37.9 Å². The zero-order valence-electron chi connectivity index (χ0n) is 35.2. The zero-order chi connectivity index (χ0) is 43.8. The normalized spacial score (nSPS) is 11.6. The summed E-state index contributed by atoms with van der Waals surface area (Å²) < 4.78 is 69.0. The summed E-state index contributed by atoms with van der Waals surface area (Å²) in [7, 11) is -0.345. The number of azo groups is 1. The molecule has 0 unspecified atom stereocenters. The summed E-state index contributed by atoms with van der Waals surface area (Å²) >= 11 is 0. The molecule has 338 valence electrons. The topological polar surface area (TPSA) is 214 Å². The van der Waals surface area contributed by atoms with Crippen LogP contribution in [-0.4, -0.2) is 158 Å². The van der Waals surface area contributed by atoms with Crippen molar-refractivity contribution < 1.29 is 61.0 Å². The zero-order valence-corrected chi connectivity index (χ0v) is 36.0. The summed E-state index contributed by atoms with van der Waals surface area (Å²) in [5.41, 5.74) is 3.17. The fraction of sp³-hybridized carbons (Fsp3) is 0.524. The van der Waals surface area contributed by atoms with Gasteiger partial charge >= 0.3 is 5.24 Å². The molecule has 61 heavy (non-hydrogen) atoms. The van der Waals surface area contributed by atoms with Crippen LogP contribution in [-0.2, 0) is 58.9 Å². The molecular formula is C42H61N5O13S. The lowest BCUT2D eigenvalue weighted by molar-refractivity contribution is -0.122. The highest BCUT2D eigenvalue weighted by atomic mass is 32.2. The van der Waals surface area contributed by atoms with Gasteiger partial charge in [-0.2, -0.15) is 10.2 Å². The summed E-state index contributed by atoms with van der Waals surface area (Å²) in [5.74, 6) is 0.151. The second kappa shape index (κ2) is 31.3. The monoisotopic (exact) mass is 875 g/mol. The SMILES string of the molecule is CN(C)c1ccc(N=Nc2ccc(S(=O)(=O)C(=O)NCCOCCOCCOCCOCCOCCOCCOCCOCCC(=O)NCCc3ccc(O)cc3)cc2)cc1. The average Bonchev–Trinajstić information content (AvgIpc) is 3.26. The summed E-state index contributed by atoms with van der Waals surface area (Å²) in [6.45, 7) is 6.60. The third-order valence-corrected chi connectivity index (χ3v) is 9.83. The lowest BCUT2D eigenvalue weighted by Gasteiger charge is -2.11. The number of hydrogen-bond acceptors (Lipinski definition) is 16. The van der Waals surface area contributed by atoms with Gasteiger partial charge in [-0.1, -0.05) is 12.1 Å². The van der Waals surface area contributed by atoms with Crippen LogP contribution in [0.25, 0.3) is 0 Å². The Bertz CT molecular complexity index is 1770. The molecule has 0 aliphatic heterocycles. The van der Waals surface area contributed by atoms with Crippen molar-refractivity contribution in [3.05, 3.63) is 78.4 Å². The molecular weight excluding hydrogens is 815 g/mol. The number of phenolic OH excluding ortho intramolecular Hbond substituents is 1. The second-order valence-corrected chi connectivity index (χ2v) is 15.1. The molecule has 0 atom stereocenters. The van der Waals surface area contributed by atoms with Crippen molar-refractivity contribution in [2.45, 2.75) is 17.7 Å². The molecule has 0 radical (unpaired) electrons. The van der Waals surface area contributed by atoms with Gasteiger partial charge in [-0.05, 0) is 72.6 Å². The van der Waals surface area contributed by atoms with Crippen LogP contribution in [0.3, 0.4) is 0 Å². The van der Waals surface area contributed by atoms with Gasteiger partial charge < -0.3 is 58.5 Å². The Morgan fingerprint density at radius 2 is 0.951 bits per heavy atom. The minimum Gasteiger partial charge on any atom is -0.508 e. The first-order valence-corrected chi connectivity index (χ1v) is 21.6. The van der Waals surface area contributed by atoms with Crippen LogP contribution in [0, 0.1) is 0 Å². The van der Waals surface area contributed by atoms with Gasteiger partial charge in [-0.15, -0.1) is 0 Å². The number of amides is 2. The van der Waals surface area contributed by atoms with Gasteiger partial charge in [0.25, 0.3) is 9.84 Å². The lowest BCUT2D eigenvalue weighted by Crippen LogP contribution is -2.32. The van der Waals surface area contributed by atoms with Crippen molar-refractivity contribution in [1.29, 1.82) is 0 Å². The molecule has 0 saturated heterocycles. The highest BCUT2D eigenvalue weighted by Gasteiger charge is 2.24. The lowest BCUT2D eigenvalue weighted by atomic mass is 10.1. The van der Waals surface area contributed by atoms with E-state index >= 15 is 0 Å². The maximum absolute atomic E-state index is 12.7. The minimum absolute atomic E-state index is 0.0182. The van der Waals surface area contributed by atoms with Gasteiger partial charge in [0.2, 0.25) is 5.91 Å². The number of phenols is 1. The number of hydrogen-bond donors (Lipinski definition) is 3. The van der Waals surface area contributed by atoms with Gasteiger partial charge in [0.05, 0.1) is 122 Å². The van der Waals surface area contributed by atoms with E-state index in [9.17, 15) is 23.1 Å². The Hall–Kier alpha value is -4.57. The van der Waals surface area contributed by atoms with Gasteiger partial charge in [0, 0.05) is 39.3 Å². The van der Waals surface area contributed by atoms with Crippen LogP contribution >= 0.6 is 0 Å². The van der Waals surface area contributed by atoms with Crippen LogP contribution in [0.5, 0.6) is 5.75 Å². The predicted octanol–water partition coefficient (Wildman–Crippen LogP) is 4.24. The van der Waals surface area contributed by atoms with E-state index in [2.05, 4.69) is 20.9 Å². The molecule has 2 amide bonds. The smallest absolute Gasteiger partial charge is 0.341 e. The molecule has 3 rings (SSSR count). The number of carbonyl (C=O) groups excluding carboxylic acids is 2. The predicted molar refractivity (Wildman–Crippen MR) is 228 cm³/mol. The van der Waals surface area contributed by atoms with E-state index < -0.39 is 15.1 Å². The van der Waals surface area contributed by atoms with Gasteiger partial charge in [0.1, 0.15) is 5.75 Å². The number of sulfone groups is 1. The van der Waals surface area contributed by atoms with Crippen LogP contribution in [0.2, 0.25) is 0 Å². The molecule has 3 aromatic carbocycles. The van der Waals surface area contributed by atoms with Gasteiger partial charge in [-0.3, -0.25) is 9.59 Å². The summed E-state index contributed by atoms with van der Waals surface area (Å²) in [4.78, 5) is 26.1. The van der Waals surface area contributed by atoms with Crippen molar-refractivity contribution >= 4 is 38.0 Å². The highest BCUT2D eigenvalue weighted by Crippen LogP contribution is 2.23. The number of rotatable bonds is 34. The third kappa shape index (κ3) is 23.3. The first-order valence-electron chi connectivity index (χ1n) is 20.1. The maximum Gasteiger partial charge on any atom is 0.341 e. The number of aromatic hydroxyl groups is 1. The Kier molecular flexibility index (Phi) is 26.1. The summed E-state index contributed by atoms with van der Waals surface area (Å²) in [5, 5.41) is 21.7. The number of nitrogens with one attached hydrogen (secondary N) is 2. The largest absolute Gasteiger partial charge is 0.508 e. The van der Waals surface area contributed by atoms with E-state index in [1.807, 2.05) is 55.4 Å². The molecule has 0 aliphatic rings. The molecule has 19 heteroatoms. The molecule has 0 aromatic heterocycles. The summed E-state index contributed by atoms with van der Waals surface area (Å²) in [6, 6.07) is 20.0. The molecule has 0 saturated carbocycles. The third-order valence-electron chi connectivity index (χ3n) is 8.30. The van der Waals surface area contributed by atoms with Crippen LogP contribution < -0.4 is 15.5 Å². The number of carbonyl (C=O) groups is 2. The molecule has 0 fully saturated rings. The fourth-order valence-electron chi connectivity index (χ4n) is 4.96. The van der Waals surface area contributed by atoms with Crippen molar-refractivity contribution in [2.24, 2.45) is 10.2 Å². The number of nitrogens with zero attached hydrogens (tertiary/aromatic N) is 3. The van der Waals surface area contributed by atoms with Gasteiger partial charge in [0.15, 0.2) is 0 Å². The maximum atomic E-state index is 12.7. The Morgan fingerprint density at radius 1 is 0.541 bits per heavy atom. The van der Waals surface area contributed by atoms with E-state index in [0.717, 1.165) is 11.3 Å². The van der Waals surface area contributed by atoms with E-state index in [1.54, 1.807) is 12.1 Å². The molecule has 0 aliphatic carbocycles. The van der Waals surface area contributed by atoms with Crippen molar-refractivity contribution in [3.63, 3.8) is 0 Å². The Balaban J connectivity index is 1.01. The van der Waals surface area contributed by atoms with E-state index in [0.29, 0.717) is 117 Å². The second-order valence-electron chi connectivity index (χ2n) is 13.2. The highest BCUT2D eigenvalue weighted by molar-refractivity contribution is 8.06. The molecule has 0 bridgehead atoms. The van der Waals surface area contributed by atoms with Crippen LogP contribution in [0.1, 0.15) is 12.0 Å².